The van der Waals surface area contributed by atoms with Gasteiger partial charge in [-0.2, -0.15) is 13.2 Å². The summed E-state index contributed by atoms with van der Waals surface area (Å²) in [5.74, 6) is -0.181. The fourth-order valence-corrected chi connectivity index (χ4v) is 6.86. The van der Waals surface area contributed by atoms with Gasteiger partial charge in [-0.25, -0.2) is 4.79 Å². The van der Waals surface area contributed by atoms with E-state index in [2.05, 4.69) is 15.6 Å². The van der Waals surface area contributed by atoms with Crippen LogP contribution in [-0.2, 0) is 38.1 Å². The van der Waals surface area contributed by atoms with E-state index in [-0.39, 0.29) is 49.1 Å². The van der Waals surface area contributed by atoms with Crippen molar-refractivity contribution in [3.05, 3.63) is 29.1 Å². The molecular weight excluding hydrogens is 531 g/mol. The normalized spacial score (nSPS) is 30.2. The first-order valence-corrected chi connectivity index (χ1v) is 13.9. The van der Waals surface area contributed by atoms with Crippen molar-refractivity contribution in [1.82, 2.24) is 25.4 Å². The summed E-state index contributed by atoms with van der Waals surface area (Å²) in [6, 6.07) is 1.01. The second kappa shape index (κ2) is 11.8. The van der Waals surface area contributed by atoms with Crippen LogP contribution in [0.3, 0.4) is 0 Å². The van der Waals surface area contributed by atoms with Gasteiger partial charge in [0.1, 0.15) is 0 Å². The molecule has 222 valence electrons. The van der Waals surface area contributed by atoms with E-state index in [0.717, 1.165) is 18.7 Å². The molecule has 4 aliphatic rings. The Labute approximate surface area is 231 Å². The zero-order chi connectivity index (χ0) is 28.5. The summed E-state index contributed by atoms with van der Waals surface area (Å²) in [5, 5.41) is 6.56. The molecule has 2 unspecified atom stereocenters. The largest absolute Gasteiger partial charge is 0.417 e. The van der Waals surface area contributed by atoms with Gasteiger partial charge >= 0.3 is 12.2 Å². The Hall–Kier alpha value is -2.48. The van der Waals surface area contributed by atoms with E-state index in [1.165, 1.54) is 0 Å². The third-order valence-electron chi connectivity index (χ3n) is 8.88. The number of urea groups is 1. The van der Waals surface area contributed by atoms with Crippen LogP contribution >= 0.6 is 0 Å². The second-order valence-electron chi connectivity index (χ2n) is 11.3. The topological polar surface area (TPSA) is 105 Å². The molecule has 1 aromatic heterocycles. The third kappa shape index (κ3) is 5.79. The standard InChI is InChI=1S/C27H38F3N5O5/c1-38-8-5-31-25(37)35-14-19-10-20(33-22-4-7-40-15-23(22)39-2)11-26(19,16-35)24(36)34-6-3-21-17(13-34)9-18(12-32-21)27(28,29)30/h9,12,19-20,22-23,33H,3-8,10-11,13-16H2,1-2H3,(H,31,37)/t19-,20+,22?,23?,26-/m0/s1. The summed E-state index contributed by atoms with van der Waals surface area (Å²) in [4.78, 5) is 34.7. The monoisotopic (exact) mass is 569 g/mol. The average Bonchev–Trinajstić information content (AvgIpc) is 3.47. The fraction of sp³-hybridized carbons (Fsp3) is 0.741. The molecule has 3 aliphatic heterocycles. The number of halogens is 3. The summed E-state index contributed by atoms with van der Waals surface area (Å²) in [6.45, 7) is 3.03. The Bertz CT molecular complexity index is 1090. The van der Waals surface area contributed by atoms with E-state index >= 15 is 0 Å². The zero-order valence-corrected chi connectivity index (χ0v) is 23.0. The molecule has 0 bridgehead atoms. The van der Waals surface area contributed by atoms with Crippen molar-refractivity contribution in [2.24, 2.45) is 11.3 Å². The van der Waals surface area contributed by atoms with Crippen LogP contribution in [-0.4, -0.2) is 105 Å². The maximum atomic E-state index is 14.3. The van der Waals surface area contributed by atoms with Crippen molar-refractivity contribution in [1.29, 1.82) is 0 Å². The molecule has 1 saturated carbocycles. The Morgan fingerprint density at radius 2 is 2.10 bits per heavy atom. The number of carbonyl (C=O) groups is 2. The van der Waals surface area contributed by atoms with Crippen molar-refractivity contribution in [3.8, 4) is 0 Å². The molecule has 3 amide bonds. The number of nitrogens with one attached hydrogen (secondary N) is 2. The first kappa shape index (κ1) is 29.0. The van der Waals surface area contributed by atoms with Crippen LogP contribution < -0.4 is 10.6 Å². The van der Waals surface area contributed by atoms with E-state index in [4.69, 9.17) is 14.2 Å². The highest BCUT2D eigenvalue weighted by Gasteiger charge is 2.59. The molecular formula is C27H38F3N5O5. The van der Waals surface area contributed by atoms with Crippen molar-refractivity contribution in [2.75, 3.05) is 60.2 Å². The van der Waals surface area contributed by atoms with Crippen LogP contribution in [0.1, 0.15) is 36.1 Å². The number of hydrogen-bond donors (Lipinski definition) is 2. The van der Waals surface area contributed by atoms with Crippen LogP contribution in [0.5, 0.6) is 0 Å². The molecule has 1 aliphatic carbocycles. The summed E-state index contributed by atoms with van der Waals surface area (Å²) < 4.78 is 56.3. The molecule has 0 radical (unpaired) electrons. The van der Waals surface area contributed by atoms with Crippen LogP contribution in [0.4, 0.5) is 18.0 Å². The number of amides is 3. The number of pyridine rings is 1. The second-order valence-corrected chi connectivity index (χ2v) is 11.3. The highest BCUT2D eigenvalue weighted by molar-refractivity contribution is 5.86. The molecule has 10 nitrogen and oxygen atoms in total. The summed E-state index contributed by atoms with van der Waals surface area (Å²) >= 11 is 0. The number of hydrogen-bond acceptors (Lipinski definition) is 7. The van der Waals surface area contributed by atoms with E-state index in [1.54, 1.807) is 24.0 Å². The van der Waals surface area contributed by atoms with Gasteiger partial charge in [-0.1, -0.05) is 0 Å². The van der Waals surface area contributed by atoms with E-state index in [9.17, 15) is 22.8 Å². The Kier molecular flexibility index (Phi) is 8.55. The van der Waals surface area contributed by atoms with Gasteiger partial charge in [-0.15, -0.1) is 0 Å². The molecule has 2 N–H and O–H groups in total. The highest BCUT2D eigenvalue weighted by atomic mass is 19.4. The lowest BCUT2D eigenvalue weighted by Gasteiger charge is -2.37. The van der Waals surface area contributed by atoms with Crippen molar-refractivity contribution < 1.29 is 37.0 Å². The van der Waals surface area contributed by atoms with Crippen molar-refractivity contribution in [3.63, 3.8) is 0 Å². The summed E-state index contributed by atoms with van der Waals surface area (Å²) in [7, 11) is 3.22. The van der Waals surface area contributed by atoms with Crippen LogP contribution in [0.25, 0.3) is 0 Å². The molecule has 4 heterocycles. The highest BCUT2D eigenvalue weighted by Crippen LogP contribution is 2.50. The maximum Gasteiger partial charge on any atom is 0.417 e. The molecule has 5 atom stereocenters. The summed E-state index contributed by atoms with van der Waals surface area (Å²) in [5.41, 5.74) is -0.623. The molecule has 40 heavy (non-hydrogen) atoms. The molecule has 1 aromatic rings. The number of ether oxygens (including phenoxy) is 3. The quantitative estimate of drug-likeness (QED) is 0.483. The Morgan fingerprint density at radius 1 is 1.27 bits per heavy atom. The number of alkyl halides is 3. The van der Waals surface area contributed by atoms with Crippen molar-refractivity contribution >= 4 is 11.9 Å². The van der Waals surface area contributed by atoms with E-state index in [0.29, 0.717) is 70.0 Å². The molecule has 3 fully saturated rings. The maximum absolute atomic E-state index is 14.3. The predicted molar refractivity (Wildman–Crippen MR) is 137 cm³/mol. The van der Waals surface area contributed by atoms with Gasteiger partial charge in [0.2, 0.25) is 5.91 Å². The van der Waals surface area contributed by atoms with Gasteiger partial charge in [0.25, 0.3) is 0 Å². The lowest BCUT2D eigenvalue weighted by atomic mass is 9.78. The SMILES string of the molecule is COCCNC(=O)N1C[C@@H]2C[C@@H](NC3CCOCC3OC)C[C@]2(C(=O)N2CCc3ncc(C(F)(F)F)cc3C2)C1. The molecule has 13 heteroatoms. The average molecular weight is 570 g/mol. The first-order valence-electron chi connectivity index (χ1n) is 13.9. The number of nitrogens with zero attached hydrogens (tertiary/aromatic N) is 3. The fourth-order valence-electron chi connectivity index (χ4n) is 6.86. The third-order valence-corrected chi connectivity index (χ3v) is 8.88. The number of methoxy groups -OCH3 is 2. The molecule has 0 aromatic carbocycles. The predicted octanol–water partition coefficient (Wildman–Crippen LogP) is 1.82. The molecule has 2 saturated heterocycles. The number of carbonyl (C=O) groups excluding carboxylic acids is 2. The minimum Gasteiger partial charge on any atom is -0.383 e. The van der Waals surface area contributed by atoms with Crippen LogP contribution in [0, 0.1) is 11.3 Å². The van der Waals surface area contributed by atoms with Gasteiger partial charge < -0.3 is 34.6 Å². The Morgan fingerprint density at radius 3 is 2.85 bits per heavy atom. The number of rotatable bonds is 7. The summed E-state index contributed by atoms with van der Waals surface area (Å²) in [6.07, 6.45) is -1.29. The van der Waals surface area contributed by atoms with Crippen molar-refractivity contribution in [2.45, 2.75) is 56.6 Å². The smallest absolute Gasteiger partial charge is 0.383 e. The lowest BCUT2D eigenvalue weighted by molar-refractivity contribution is -0.143. The van der Waals surface area contributed by atoms with Gasteiger partial charge in [-0.3, -0.25) is 9.78 Å². The van der Waals surface area contributed by atoms with E-state index in [1.807, 2.05) is 0 Å². The molecule has 5 rings (SSSR count). The van der Waals surface area contributed by atoms with Gasteiger partial charge in [0.15, 0.2) is 0 Å². The zero-order valence-electron chi connectivity index (χ0n) is 23.0. The minimum atomic E-state index is -4.51. The van der Waals surface area contributed by atoms with E-state index < -0.39 is 17.2 Å². The van der Waals surface area contributed by atoms with Crippen LogP contribution in [0.2, 0.25) is 0 Å². The minimum absolute atomic E-state index is 0.0454. The molecule has 0 spiro atoms. The number of fused-ring (bicyclic) bond motifs is 2. The van der Waals surface area contributed by atoms with Gasteiger partial charge in [0, 0.05) is 83.9 Å². The number of likely N-dealkylation sites (tertiary alicyclic amines) is 1. The number of aromatic nitrogens is 1. The van der Waals surface area contributed by atoms with Gasteiger partial charge in [0.05, 0.1) is 30.3 Å². The lowest BCUT2D eigenvalue weighted by Crippen LogP contribution is -2.52. The van der Waals surface area contributed by atoms with Crippen LogP contribution in [0.15, 0.2) is 12.3 Å². The first-order chi connectivity index (χ1) is 19.1. The Balaban J connectivity index is 1.35. The van der Waals surface area contributed by atoms with Gasteiger partial charge in [-0.05, 0) is 36.8 Å².